The van der Waals surface area contributed by atoms with Gasteiger partial charge in [-0.15, -0.1) is 11.8 Å². The summed E-state index contributed by atoms with van der Waals surface area (Å²) in [7, 11) is 0. The summed E-state index contributed by atoms with van der Waals surface area (Å²) in [5.41, 5.74) is 1.87. The lowest BCUT2D eigenvalue weighted by Crippen LogP contribution is -2.50. The van der Waals surface area contributed by atoms with Crippen molar-refractivity contribution in [3.05, 3.63) is 12.0 Å². The first kappa shape index (κ1) is 10.3. The van der Waals surface area contributed by atoms with Crippen molar-refractivity contribution in [3.8, 4) is 0 Å². The van der Waals surface area contributed by atoms with Crippen LogP contribution in [-0.2, 0) is 9.53 Å². The van der Waals surface area contributed by atoms with Crippen molar-refractivity contribution >= 4 is 23.8 Å². The van der Waals surface area contributed by atoms with E-state index < -0.39 is 6.09 Å². The van der Waals surface area contributed by atoms with Gasteiger partial charge in [-0.2, -0.15) is 0 Å². The van der Waals surface area contributed by atoms with Crippen LogP contribution in [0.4, 0.5) is 4.79 Å². The molecule has 0 aliphatic carbocycles. The van der Waals surface area contributed by atoms with Crippen LogP contribution in [0.2, 0.25) is 0 Å². The van der Waals surface area contributed by atoms with Crippen molar-refractivity contribution in [1.82, 2.24) is 10.3 Å². The highest BCUT2D eigenvalue weighted by atomic mass is 32.2. The quantitative estimate of drug-likeness (QED) is 0.289. The van der Waals surface area contributed by atoms with Gasteiger partial charge in [0.25, 0.3) is 0 Å². The van der Waals surface area contributed by atoms with Crippen molar-refractivity contribution in [3.63, 3.8) is 0 Å². The minimum Gasteiger partial charge on any atom is -0.411 e. The Bertz CT molecular complexity index is 344. The van der Waals surface area contributed by atoms with Crippen molar-refractivity contribution < 1.29 is 14.3 Å². The first-order valence-corrected chi connectivity index (χ1v) is 5.43. The third-order valence-corrected chi connectivity index (χ3v) is 3.65. The van der Waals surface area contributed by atoms with Gasteiger partial charge < -0.3 is 9.64 Å². The Kier molecular flexibility index (Phi) is 2.57. The highest BCUT2D eigenvalue weighted by Crippen LogP contribution is 2.40. The number of hydrogen-bond donors (Lipinski definition) is 2. The molecule has 0 radical (unpaired) electrons. The predicted molar refractivity (Wildman–Crippen MR) is 54.2 cm³/mol. The molecule has 1 unspecified atom stereocenters. The van der Waals surface area contributed by atoms with Crippen LogP contribution in [0, 0.1) is 0 Å². The molecule has 2 heterocycles. The SMILES string of the molecule is CC1S[C@@H]2CC(=O)N2C=C1OC(=O)NN. The molecule has 2 amide bonds. The molecular weight excluding hydrogens is 218 g/mol. The van der Waals surface area contributed by atoms with Crippen LogP contribution in [-0.4, -0.2) is 27.5 Å². The maximum absolute atomic E-state index is 11.2. The van der Waals surface area contributed by atoms with Crippen LogP contribution in [0.25, 0.3) is 0 Å². The molecule has 2 aliphatic rings. The van der Waals surface area contributed by atoms with Gasteiger partial charge in [0, 0.05) is 6.20 Å². The fourth-order valence-corrected chi connectivity index (χ4v) is 2.72. The van der Waals surface area contributed by atoms with E-state index in [4.69, 9.17) is 10.6 Å². The molecule has 2 atom stereocenters. The predicted octanol–water partition coefficient (Wildman–Crippen LogP) is 0.121. The van der Waals surface area contributed by atoms with Crippen LogP contribution in [0.5, 0.6) is 0 Å². The zero-order valence-electron chi connectivity index (χ0n) is 8.10. The fraction of sp³-hybridized carbons (Fsp3) is 0.500. The molecule has 0 aromatic rings. The van der Waals surface area contributed by atoms with E-state index in [9.17, 15) is 9.59 Å². The van der Waals surface area contributed by atoms with Crippen molar-refractivity contribution in [2.45, 2.75) is 24.0 Å². The number of hydrazine groups is 1. The van der Waals surface area contributed by atoms with E-state index in [1.54, 1.807) is 22.9 Å². The van der Waals surface area contributed by atoms with Gasteiger partial charge in [0.1, 0.15) is 5.76 Å². The third-order valence-electron chi connectivity index (χ3n) is 2.30. The number of thioether (sulfide) groups is 1. The van der Waals surface area contributed by atoms with E-state index in [0.29, 0.717) is 12.2 Å². The average Bonchev–Trinajstić information content (AvgIpc) is 2.21. The fourth-order valence-electron chi connectivity index (χ4n) is 1.46. The monoisotopic (exact) mass is 229 g/mol. The summed E-state index contributed by atoms with van der Waals surface area (Å²) in [4.78, 5) is 23.6. The van der Waals surface area contributed by atoms with Gasteiger partial charge >= 0.3 is 6.09 Å². The van der Waals surface area contributed by atoms with Crippen molar-refractivity contribution in [2.24, 2.45) is 5.84 Å². The molecule has 2 rings (SSSR count). The highest BCUT2D eigenvalue weighted by Gasteiger charge is 2.41. The summed E-state index contributed by atoms with van der Waals surface area (Å²) in [5.74, 6) is 5.40. The Hall–Kier alpha value is -1.21. The summed E-state index contributed by atoms with van der Waals surface area (Å²) < 4.78 is 4.93. The summed E-state index contributed by atoms with van der Waals surface area (Å²) >= 11 is 1.59. The van der Waals surface area contributed by atoms with Gasteiger partial charge in [-0.25, -0.2) is 10.6 Å². The van der Waals surface area contributed by atoms with Gasteiger partial charge in [-0.1, -0.05) is 0 Å². The van der Waals surface area contributed by atoms with Gasteiger partial charge in [0.2, 0.25) is 5.91 Å². The molecule has 15 heavy (non-hydrogen) atoms. The Balaban J connectivity index is 2.09. The van der Waals surface area contributed by atoms with Gasteiger partial charge in [0.05, 0.1) is 17.0 Å². The van der Waals surface area contributed by atoms with Crippen LogP contribution in [0.1, 0.15) is 13.3 Å². The summed E-state index contributed by atoms with van der Waals surface area (Å²) in [6.07, 6.45) is 1.41. The number of fused-ring (bicyclic) bond motifs is 1. The van der Waals surface area contributed by atoms with E-state index in [2.05, 4.69) is 0 Å². The minimum absolute atomic E-state index is 0.0497. The zero-order valence-corrected chi connectivity index (χ0v) is 8.91. The van der Waals surface area contributed by atoms with E-state index in [0.717, 1.165) is 0 Å². The first-order chi connectivity index (χ1) is 7.11. The molecule has 2 aliphatic heterocycles. The lowest BCUT2D eigenvalue weighted by atomic mass is 10.2. The summed E-state index contributed by atoms with van der Waals surface area (Å²) in [6.45, 7) is 1.92. The summed E-state index contributed by atoms with van der Waals surface area (Å²) in [6, 6.07) is 0. The van der Waals surface area contributed by atoms with Crippen LogP contribution < -0.4 is 11.3 Å². The molecule has 1 fully saturated rings. The molecule has 0 aromatic carbocycles. The van der Waals surface area contributed by atoms with E-state index in [1.807, 2.05) is 12.3 Å². The normalized spacial score (nSPS) is 28.8. The largest absolute Gasteiger partial charge is 0.426 e. The number of nitrogens with one attached hydrogen (secondary N) is 1. The number of rotatable bonds is 1. The third kappa shape index (κ3) is 1.80. The molecule has 0 aromatic heterocycles. The molecule has 0 bridgehead atoms. The van der Waals surface area contributed by atoms with Crippen molar-refractivity contribution in [2.75, 3.05) is 0 Å². The lowest BCUT2D eigenvalue weighted by Gasteiger charge is -2.42. The number of ether oxygens (including phenoxy) is 1. The second kappa shape index (κ2) is 3.74. The van der Waals surface area contributed by atoms with Crippen LogP contribution >= 0.6 is 11.8 Å². The highest BCUT2D eigenvalue weighted by molar-refractivity contribution is 8.00. The van der Waals surface area contributed by atoms with Crippen molar-refractivity contribution in [1.29, 1.82) is 0 Å². The number of β-lactam (4-membered cyclic amide) rings is 1. The van der Waals surface area contributed by atoms with E-state index in [-0.39, 0.29) is 16.5 Å². The Morgan fingerprint density at radius 2 is 2.53 bits per heavy atom. The Morgan fingerprint density at radius 1 is 1.80 bits per heavy atom. The van der Waals surface area contributed by atoms with Gasteiger partial charge in [-0.3, -0.25) is 10.2 Å². The maximum Gasteiger partial charge on any atom is 0.426 e. The number of carbonyl (C=O) groups excluding carboxylic acids is 2. The number of hydrogen-bond acceptors (Lipinski definition) is 5. The van der Waals surface area contributed by atoms with Crippen LogP contribution in [0.3, 0.4) is 0 Å². The first-order valence-electron chi connectivity index (χ1n) is 4.48. The summed E-state index contributed by atoms with van der Waals surface area (Å²) in [5, 5.41) is 0.248. The maximum atomic E-state index is 11.2. The molecule has 82 valence electrons. The molecule has 0 saturated carbocycles. The van der Waals surface area contributed by atoms with Gasteiger partial charge in [-0.05, 0) is 6.92 Å². The minimum atomic E-state index is -0.722. The number of carbonyl (C=O) groups is 2. The molecule has 3 N–H and O–H groups in total. The second-order valence-corrected chi connectivity index (χ2v) is 4.83. The molecule has 0 spiro atoms. The number of nitrogens with two attached hydrogens (primary N) is 1. The molecular formula is C8H11N3O3S. The topological polar surface area (TPSA) is 84.7 Å². The number of nitrogens with zero attached hydrogens (tertiary/aromatic N) is 1. The van der Waals surface area contributed by atoms with Crippen LogP contribution in [0.15, 0.2) is 12.0 Å². The lowest BCUT2D eigenvalue weighted by molar-refractivity contribution is -0.137. The second-order valence-electron chi connectivity index (χ2n) is 3.30. The molecule has 1 saturated heterocycles. The number of amides is 2. The van der Waals surface area contributed by atoms with E-state index >= 15 is 0 Å². The Morgan fingerprint density at radius 3 is 3.13 bits per heavy atom. The standard InChI is InChI=1S/C8H11N3O3S/c1-4-5(14-8(13)10-9)3-11-6(12)2-7(11)15-4/h3-4,7H,2,9H2,1H3,(H,10,13)/t4?,7-/m1/s1. The zero-order chi connectivity index (χ0) is 11.0. The Labute approximate surface area is 90.8 Å². The van der Waals surface area contributed by atoms with Gasteiger partial charge in [0.15, 0.2) is 0 Å². The smallest absolute Gasteiger partial charge is 0.411 e. The average molecular weight is 229 g/mol. The molecule has 6 nitrogen and oxygen atoms in total. The van der Waals surface area contributed by atoms with E-state index in [1.165, 1.54) is 0 Å². The molecule has 7 heteroatoms.